The Balaban J connectivity index is 2.24. The standard InChI is InChI=1S/C15H21ClN2O2/c1-15(2,3)20-14(19)18-8-7-13(17)10-5-4-6-12(16)11(10)9-18/h4-6,13H,7-9,17H2,1-3H3. The first kappa shape index (κ1) is 15.1. The molecule has 2 rings (SSSR count). The van der Waals surface area contributed by atoms with Crippen LogP contribution < -0.4 is 5.73 Å². The SMILES string of the molecule is CC(C)(C)OC(=O)N1CCC(N)c2cccc(Cl)c2C1. The van der Waals surface area contributed by atoms with Crippen LogP contribution in [0.15, 0.2) is 18.2 Å². The summed E-state index contributed by atoms with van der Waals surface area (Å²) < 4.78 is 5.43. The van der Waals surface area contributed by atoms with Gasteiger partial charge in [0, 0.05) is 17.6 Å². The van der Waals surface area contributed by atoms with E-state index >= 15 is 0 Å². The van der Waals surface area contributed by atoms with Gasteiger partial charge in [-0.2, -0.15) is 0 Å². The zero-order valence-electron chi connectivity index (χ0n) is 12.1. The number of ether oxygens (including phenoxy) is 1. The van der Waals surface area contributed by atoms with Gasteiger partial charge >= 0.3 is 6.09 Å². The van der Waals surface area contributed by atoms with E-state index in [2.05, 4.69) is 0 Å². The minimum Gasteiger partial charge on any atom is -0.444 e. The highest BCUT2D eigenvalue weighted by Crippen LogP contribution is 2.30. The van der Waals surface area contributed by atoms with Crippen LogP contribution >= 0.6 is 11.6 Å². The molecule has 0 spiro atoms. The molecule has 1 aromatic carbocycles. The number of nitrogens with two attached hydrogens (primary N) is 1. The first-order valence-electron chi connectivity index (χ1n) is 6.79. The summed E-state index contributed by atoms with van der Waals surface area (Å²) in [4.78, 5) is 13.9. The third-order valence-electron chi connectivity index (χ3n) is 3.27. The second kappa shape index (κ2) is 5.62. The topological polar surface area (TPSA) is 55.6 Å². The first-order valence-corrected chi connectivity index (χ1v) is 7.16. The lowest BCUT2D eigenvalue weighted by atomic mass is 10.0. The normalized spacial score (nSPS) is 19.2. The van der Waals surface area contributed by atoms with Crippen LogP contribution in [0.1, 0.15) is 44.4 Å². The summed E-state index contributed by atoms with van der Waals surface area (Å²) in [6.45, 7) is 6.58. The number of hydrogen-bond acceptors (Lipinski definition) is 3. The van der Waals surface area contributed by atoms with Crippen molar-refractivity contribution in [1.29, 1.82) is 0 Å². The highest BCUT2D eigenvalue weighted by molar-refractivity contribution is 6.31. The summed E-state index contributed by atoms with van der Waals surface area (Å²) in [5.41, 5.74) is 7.60. The number of fused-ring (bicyclic) bond motifs is 1. The lowest BCUT2D eigenvalue weighted by Gasteiger charge is -2.26. The van der Waals surface area contributed by atoms with Gasteiger partial charge in [-0.25, -0.2) is 4.79 Å². The monoisotopic (exact) mass is 296 g/mol. The van der Waals surface area contributed by atoms with Crippen molar-refractivity contribution in [1.82, 2.24) is 4.90 Å². The van der Waals surface area contributed by atoms with Gasteiger partial charge in [0.1, 0.15) is 5.60 Å². The number of halogens is 1. The molecule has 2 N–H and O–H groups in total. The van der Waals surface area contributed by atoms with Gasteiger partial charge in [0.15, 0.2) is 0 Å². The van der Waals surface area contributed by atoms with Crippen LogP contribution in [-0.4, -0.2) is 23.1 Å². The summed E-state index contributed by atoms with van der Waals surface area (Å²) in [6.07, 6.45) is 0.379. The molecule has 1 aliphatic rings. The Labute approximate surface area is 124 Å². The predicted octanol–water partition coefficient (Wildman–Crippen LogP) is 3.48. The summed E-state index contributed by atoms with van der Waals surface area (Å²) in [6, 6.07) is 5.59. The maximum Gasteiger partial charge on any atom is 0.410 e. The van der Waals surface area contributed by atoms with E-state index < -0.39 is 5.60 Å². The molecular weight excluding hydrogens is 276 g/mol. The molecule has 1 atom stereocenters. The van der Waals surface area contributed by atoms with Gasteiger partial charge in [-0.15, -0.1) is 0 Å². The number of carbonyl (C=O) groups is 1. The molecule has 0 aromatic heterocycles. The Hall–Kier alpha value is -1.26. The Bertz CT molecular complexity index is 511. The molecule has 0 saturated carbocycles. The van der Waals surface area contributed by atoms with Gasteiger partial charge in [0.25, 0.3) is 0 Å². The molecule has 0 bridgehead atoms. The van der Waals surface area contributed by atoms with E-state index in [1.165, 1.54) is 0 Å². The molecule has 5 heteroatoms. The molecule has 1 amide bonds. The van der Waals surface area contributed by atoms with Gasteiger partial charge < -0.3 is 15.4 Å². The third kappa shape index (κ3) is 3.44. The summed E-state index contributed by atoms with van der Waals surface area (Å²) in [5, 5.41) is 0.647. The van der Waals surface area contributed by atoms with Crippen molar-refractivity contribution in [2.45, 2.75) is 45.4 Å². The van der Waals surface area contributed by atoms with E-state index in [-0.39, 0.29) is 12.1 Å². The van der Waals surface area contributed by atoms with Crippen LogP contribution in [0.3, 0.4) is 0 Å². The molecule has 1 unspecified atom stereocenters. The first-order chi connectivity index (χ1) is 9.28. The third-order valence-corrected chi connectivity index (χ3v) is 3.62. The van der Waals surface area contributed by atoms with Crippen LogP contribution in [-0.2, 0) is 11.3 Å². The largest absolute Gasteiger partial charge is 0.444 e. The van der Waals surface area contributed by atoms with Crippen molar-refractivity contribution in [3.63, 3.8) is 0 Å². The molecule has 1 aromatic rings. The van der Waals surface area contributed by atoms with Crippen LogP contribution in [0.2, 0.25) is 5.02 Å². The molecular formula is C15H21ClN2O2. The minimum absolute atomic E-state index is 0.101. The number of rotatable bonds is 0. The van der Waals surface area contributed by atoms with Crippen LogP contribution in [0.25, 0.3) is 0 Å². The maximum absolute atomic E-state index is 12.2. The lowest BCUT2D eigenvalue weighted by Crippen LogP contribution is -2.36. The van der Waals surface area contributed by atoms with Gasteiger partial charge in [0.05, 0.1) is 6.54 Å². The number of nitrogens with zero attached hydrogens (tertiary/aromatic N) is 1. The fourth-order valence-electron chi connectivity index (χ4n) is 2.29. The predicted molar refractivity (Wildman–Crippen MR) is 79.6 cm³/mol. The van der Waals surface area contributed by atoms with Crippen LogP contribution in [0, 0.1) is 0 Å². The molecule has 1 aliphatic heterocycles. The number of carbonyl (C=O) groups excluding carboxylic acids is 1. The van der Waals surface area contributed by atoms with Gasteiger partial charge in [-0.1, -0.05) is 23.7 Å². The van der Waals surface area contributed by atoms with Crippen molar-refractivity contribution in [3.05, 3.63) is 34.3 Å². The van der Waals surface area contributed by atoms with Crippen LogP contribution in [0.5, 0.6) is 0 Å². The van der Waals surface area contributed by atoms with Gasteiger partial charge in [-0.05, 0) is 44.4 Å². The fourth-order valence-corrected chi connectivity index (χ4v) is 2.53. The molecule has 0 radical (unpaired) electrons. The average molecular weight is 297 g/mol. The fraction of sp³-hybridized carbons (Fsp3) is 0.533. The maximum atomic E-state index is 12.2. The van der Waals surface area contributed by atoms with E-state index in [4.69, 9.17) is 22.1 Å². The van der Waals surface area contributed by atoms with Gasteiger partial charge in [-0.3, -0.25) is 0 Å². The quantitative estimate of drug-likeness (QED) is 0.797. The zero-order valence-corrected chi connectivity index (χ0v) is 12.9. The summed E-state index contributed by atoms with van der Waals surface area (Å²) >= 11 is 6.25. The Morgan fingerprint density at radius 2 is 2.15 bits per heavy atom. The summed E-state index contributed by atoms with van der Waals surface area (Å²) in [7, 11) is 0. The molecule has 0 aliphatic carbocycles. The number of amides is 1. The van der Waals surface area contributed by atoms with Crippen LogP contribution in [0.4, 0.5) is 4.79 Å². The summed E-state index contributed by atoms with van der Waals surface area (Å²) in [5.74, 6) is 0. The van der Waals surface area contributed by atoms with E-state index in [9.17, 15) is 4.79 Å². The second-order valence-electron chi connectivity index (χ2n) is 6.10. The molecule has 0 fully saturated rings. The van der Waals surface area contributed by atoms with E-state index in [1.54, 1.807) is 4.90 Å². The minimum atomic E-state index is -0.505. The van der Waals surface area contributed by atoms with E-state index in [0.717, 1.165) is 11.1 Å². The van der Waals surface area contributed by atoms with Crippen molar-refractivity contribution in [3.8, 4) is 0 Å². The highest BCUT2D eigenvalue weighted by Gasteiger charge is 2.27. The molecule has 1 heterocycles. The molecule has 4 nitrogen and oxygen atoms in total. The van der Waals surface area contributed by atoms with Crippen molar-refractivity contribution in [2.75, 3.05) is 6.54 Å². The second-order valence-corrected chi connectivity index (χ2v) is 6.51. The smallest absolute Gasteiger partial charge is 0.410 e. The van der Waals surface area contributed by atoms with Crippen molar-refractivity contribution in [2.24, 2.45) is 5.73 Å². The molecule has 0 saturated heterocycles. The Morgan fingerprint density at radius 3 is 2.80 bits per heavy atom. The van der Waals surface area contributed by atoms with Crippen molar-refractivity contribution >= 4 is 17.7 Å². The average Bonchev–Trinajstić information content (AvgIpc) is 2.49. The Morgan fingerprint density at radius 1 is 1.45 bits per heavy atom. The van der Waals surface area contributed by atoms with Crippen molar-refractivity contribution < 1.29 is 9.53 Å². The highest BCUT2D eigenvalue weighted by atomic mass is 35.5. The lowest BCUT2D eigenvalue weighted by molar-refractivity contribution is 0.0235. The zero-order chi connectivity index (χ0) is 14.9. The van der Waals surface area contributed by atoms with Gasteiger partial charge in [0.2, 0.25) is 0 Å². The number of benzene rings is 1. The Kier molecular flexibility index (Phi) is 4.25. The van der Waals surface area contributed by atoms with E-state index in [0.29, 0.717) is 24.5 Å². The number of hydrogen-bond donors (Lipinski definition) is 1. The molecule has 110 valence electrons. The van der Waals surface area contributed by atoms with E-state index in [1.807, 2.05) is 39.0 Å². The molecule has 20 heavy (non-hydrogen) atoms.